The van der Waals surface area contributed by atoms with Crippen molar-refractivity contribution < 1.29 is 14.3 Å². The molecule has 2 aromatic carbocycles. The number of rotatable bonds is 4. The highest BCUT2D eigenvalue weighted by atomic mass is 16.5. The Labute approximate surface area is 202 Å². The van der Waals surface area contributed by atoms with Gasteiger partial charge in [-0.05, 0) is 63.0 Å². The van der Waals surface area contributed by atoms with Gasteiger partial charge in [-0.25, -0.2) is 4.79 Å². The van der Waals surface area contributed by atoms with Crippen molar-refractivity contribution in [3.8, 4) is 0 Å². The zero-order chi connectivity index (χ0) is 23.7. The summed E-state index contributed by atoms with van der Waals surface area (Å²) in [5.41, 5.74) is 6.37. The van der Waals surface area contributed by atoms with E-state index in [1.165, 1.54) is 12.0 Å². The van der Waals surface area contributed by atoms with Gasteiger partial charge in [0.05, 0.1) is 5.57 Å². The van der Waals surface area contributed by atoms with Crippen LogP contribution in [0.2, 0.25) is 0 Å². The lowest BCUT2D eigenvalue weighted by Crippen LogP contribution is -2.37. The minimum absolute atomic E-state index is 0.0277. The molecule has 1 saturated carbocycles. The van der Waals surface area contributed by atoms with Crippen molar-refractivity contribution in [3.05, 3.63) is 93.8 Å². The van der Waals surface area contributed by atoms with Crippen LogP contribution >= 0.6 is 0 Å². The predicted molar refractivity (Wildman–Crippen MR) is 133 cm³/mol. The Hall–Kier alpha value is -3.14. The first-order chi connectivity index (χ1) is 16.5. The van der Waals surface area contributed by atoms with Crippen LogP contribution in [0.25, 0.3) is 0 Å². The lowest BCUT2D eigenvalue weighted by molar-refractivity contribution is -0.146. The van der Waals surface area contributed by atoms with E-state index in [1.54, 1.807) is 0 Å². The van der Waals surface area contributed by atoms with E-state index in [4.69, 9.17) is 4.74 Å². The molecule has 0 amide bonds. The maximum Gasteiger partial charge on any atom is 0.337 e. The zero-order valence-electron chi connectivity index (χ0n) is 20.1. The first-order valence-corrected chi connectivity index (χ1v) is 12.6. The van der Waals surface area contributed by atoms with Crippen molar-refractivity contribution in [1.29, 1.82) is 0 Å². The summed E-state index contributed by atoms with van der Waals surface area (Å²) < 4.78 is 6.01. The minimum Gasteiger partial charge on any atom is -0.459 e. The molecule has 34 heavy (non-hydrogen) atoms. The number of ketones is 1. The highest BCUT2D eigenvalue weighted by molar-refractivity contribution is 6.04. The Morgan fingerprint density at radius 3 is 2.29 bits per heavy atom. The number of carbonyl (C=O) groups is 2. The molecule has 2 atom stereocenters. The van der Waals surface area contributed by atoms with Crippen LogP contribution in [0, 0.1) is 6.92 Å². The van der Waals surface area contributed by atoms with E-state index in [1.807, 2.05) is 44.2 Å². The molecule has 2 aromatic rings. The maximum atomic E-state index is 13.7. The van der Waals surface area contributed by atoms with Crippen LogP contribution in [0.1, 0.15) is 80.4 Å². The SMILES string of the molecule is CC1=C(C(=O)OC2CCCCC2)[C@H](c2ccc(C)cc2)C2=C(C[C@H](c3ccccc3)CC2=O)N1. The summed E-state index contributed by atoms with van der Waals surface area (Å²) >= 11 is 0. The molecule has 0 bridgehead atoms. The second-order valence-electron chi connectivity index (χ2n) is 10.0. The quantitative estimate of drug-likeness (QED) is 0.555. The first-order valence-electron chi connectivity index (χ1n) is 12.6. The second kappa shape index (κ2) is 9.61. The van der Waals surface area contributed by atoms with E-state index >= 15 is 0 Å². The molecule has 0 aromatic heterocycles. The number of hydrogen-bond acceptors (Lipinski definition) is 4. The number of carbonyl (C=O) groups excluding carboxylic acids is 2. The van der Waals surface area contributed by atoms with Gasteiger partial charge in [0.2, 0.25) is 0 Å². The normalized spacial score (nSPS) is 23.4. The summed E-state index contributed by atoms with van der Waals surface area (Å²) in [5, 5.41) is 3.47. The third-order valence-electron chi connectivity index (χ3n) is 7.56. The molecule has 2 aliphatic carbocycles. The van der Waals surface area contributed by atoms with E-state index in [9.17, 15) is 9.59 Å². The van der Waals surface area contributed by atoms with Gasteiger partial charge in [-0.3, -0.25) is 4.79 Å². The maximum absolute atomic E-state index is 13.7. The molecular weight excluding hydrogens is 422 g/mol. The van der Waals surface area contributed by atoms with Gasteiger partial charge in [-0.2, -0.15) is 0 Å². The molecule has 5 rings (SSSR count). The number of benzene rings is 2. The van der Waals surface area contributed by atoms with Gasteiger partial charge in [0.25, 0.3) is 0 Å². The van der Waals surface area contributed by atoms with E-state index in [-0.39, 0.29) is 23.8 Å². The molecular formula is C30H33NO3. The first kappa shape index (κ1) is 22.6. The van der Waals surface area contributed by atoms with Gasteiger partial charge in [-0.1, -0.05) is 66.6 Å². The van der Waals surface area contributed by atoms with Gasteiger partial charge in [0, 0.05) is 29.3 Å². The fraction of sp³-hybridized carbons (Fsp3) is 0.400. The number of nitrogens with one attached hydrogen (secondary N) is 1. The van der Waals surface area contributed by atoms with Crippen LogP contribution in [-0.4, -0.2) is 17.9 Å². The predicted octanol–water partition coefficient (Wildman–Crippen LogP) is 6.23. The van der Waals surface area contributed by atoms with Gasteiger partial charge in [-0.15, -0.1) is 0 Å². The van der Waals surface area contributed by atoms with Crippen molar-refractivity contribution in [2.75, 3.05) is 0 Å². The monoisotopic (exact) mass is 455 g/mol. The Morgan fingerprint density at radius 1 is 0.882 bits per heavy atom. The van der Waals surface area contributed by atoms with Crippen molar-refractivity contribution in [3.63, 3.8) is 0 Å². The van der Waals surface area contributed by atoms with E-state index in [0.29, 0.717) is 12.0 Å². The average molecular weight is 456 g/mol. The molecule has 176 valence electrons. The average Bonchev–Trinajstić information content (AvgIpc) is 2.84. The van der Waals surface area contributed by atoms with Crippen LogP contribution < -0.4 is 5.32 Å². The van der Waals surface area contributed by atoms with Gasteiger partial charge >= 0.3 is 5.97 Å². The number of hydrogen-bond donors (Lipinski definition) is 1. The Bertz CT molecular complexity index is 1140. The topological polar surface area (TPSA) is 55.4 Å². The summed E-state index contributed by atoms with van der Waals surface area (Å²) in [6.07, 6.45) is 6.44. The van der Waals surface area contributed by atoms with E-state index < -0.39 is 5.92 Å². The van der Waals surface area contributed by atoms with Crippen LogP contribution in [0.4, 0.5) is 0 Å². The zero-order valence-corrected chi connectivity index (χ0v) is 20.1. The summed E-state index contributed by atoms with van der Waals surface area (Å²) in [5.74, 6) is -0.421. The van der Waals surface area contributed by atoms with Crippen LogP contribution in [0.3, 0.4) is 0 Å². The Morgan fingerprint density at radius 2 is 1.59 bits per heavy atom. The van der Waals surface area contributed by atoms with Crippen LogP contribution in [-0.2, 0) is 14.3 Å². The molecule has 1 N–H and O–H groups in total. The van der Waals surface area contributed by atoms with Crippen molar-refractivity contribution in [2.45, 2.75) is 76.7 Å². The Kier molecular flexibility index (Phi) is 6.40. The summed E-state index contributed by atoms with van der Waals surface area (Å²) in [6.45, 7) is 3.99. The largest absolute Gasteiger partial charge is 0.459 e. The lowest BCUT2D eigenvalue weighted by atomic mass is 9.71. The number of Topliss-reactive ketones (excluding diaryl/α,β-unsaturated/α-hetero) is 1. The minimum atomic E-state index is -0.392. The fourth-order valence-corrected chi connectivity index (χ4v) is 5.76. The molecule has 0 saturated heterocycles. The van der Waals surface area contributed by atoms with Gasteiger partial charge < -0.3 is 10.1 Å². The van der Waals surface area contributed by atoms with Gasteiger partial charge in [0.15, 0.2) is 5.78 Å². The molecule has 1 heterocycles. The Balaban J connectivity index is 1.52. The molecule has 4 nitrogen and oxygen atoms in total. The van der Waals surface area contributed by atoms with E-state index in [0.717, 1.165) is 60.2 Å². The second-order valence-corrected chi connectivity index (χ2v) is 10.0. The number of esters is 1. The summed E-state index contributed by atoms with van der Waals surface area (Å²) in [6, 6.07) is 18.5. The van der Waals surface area contributed by atoms with Crippen LogP contribution in [0.5, 0.6) is 0 Å². The molecule has 3 aliphatic rings. The summed E-state index contributed by atoms with van der Waals surface area (Å²) in [7, 11) is 0. The number of allylic oxidation sites excluding steroid dienone is 3. The molecule has 0 unspecified atom stereocenters. The molecule has 0 radical (unpaired) electrons. The molecule has 1 aliphatic heterocycles. The number of dihydropyridines is 1. The number of ether oxygens (including phenoxy) is 1. The standard InChI is InChI=1S/C30H33NO3/c1-19-13-15-22(16-14-19)28-27(30(33)34-24-11-7-4-8-12-24)20(2)31-25-17-23(18-26(32)29(25)28)21-9-5-3-6-10-21/h3,5-6,9-10,13-16,23-24,28,31H,4,7-8,11-12,17-18H2,1-2H3/t23-,28-/m0/s1. The molecule has 0 spiro atoms. The van der Waals surface area contributed by atoms with Gasteiger partial charge in [0.1, 0.15) is 6.10 Å². The third-order valence-corrected chi connectivity index (χ3v) is 7.56. The highest BCUT2D eigenvalue weighted by Crippen LogP contribution is 2.46. The van der Waals surface area contributed by atoms with Crippen LogP contribution in [0.15, 0.2) is 77.1 Å². The molecule has 4 heteroatoms. The molecule has 1 fully saturated rings. The van der Waals surface area contributed by atoms with Crippen molar-refractivity contribution in [1.82, 2.24) is 5.32 Å². The fourth-order valence-electron chi connectivity index (χ4n) is 5.76. The number of aryl methyl sites for hydroxylation is 1. The highest BCUT2D eigenvalue weighted by Gasteiger charge is 2.41. The smallest absolute Gasteiger partial charge is 0.337 e. The van der Waals surface area contributed by atoms with E-state index in [2.05, 4.69) is 29.6 Å². The van der Waals surface area contributed by atoms with Crippen molar-refractivity contribution >= 4 is 11.8 Å². The lowest BCUT2D eigenvalue weighted by Gasteiger charge is -2.37. The summed E-state index contributed by atoms with van der Waals surface area (Å²) in [4.78, 5) is 27.2. The third kappa shape index (κ3) is 4.46. The van der Waals surface area contributed by atoms with Crippen molar-refractivity contribution in [2.24, 2.45) is 0 Å².